The Morgan fingerprint density at radius 1 is 1.12 bits per heavy atom. The molecule has 0 N–H and O–H groups in total. The zero-order chi connectivity index (χ0) is 23.2. The van der Waals surface area contributed by atoms with Gasteiger partial charge in [-0.15, -0.1) is 0 Å². The summed E-state index contributed by atoms with van der Waals surface area (Å²) < 4.78 is 58.4. The van der Waals surface area contributed by atoms with E-state index in [0.29, 0.717) is 49.8 Å². The standard InChI is InChI=1S/C23H24F4N4O2/c24-18-8-14(2-5-17(18)23(25,26)27)12-31-7-1-6-30-13-16(9-20(30)22(31)32)33-21-11-28-19(10-29-21)15-3-4-15/h2,5,8,10-11,15-16,20H,1,3-4,6-7,9,12-13H2/t16-,20+/m0/s1. The van der Waals surface area contributed by atoms with E-state index < -0.39 is 17.6 Å². The number of benzene rings is 1. The number of fused-ring (bicyclic) bond motifs is 1. The van der Waals surface area contributed by atoms with E-state index in [-0.39, 0.29) is 24.6 Å². The number of halogens is 4. The number of aromatic nitrogens is 2. The molecule has 10 heteroatoms. The first-order valence-corrected chi connectivity index (χ1v) is 11.1. The number of carbonyl (C=O) groups is 1. The van der Waals surface area contributed by atoms with Crippen LogP contribution in [0, 0.1) is 5.82 Å². The fraction of sp³-hybridized carbons (Fsp3) is 0.522. The van der Waals surface area contributed by atoms with Crippen molar-refractivity contribution in [1.82, 2.24) is 19.8 Å². The van der Waals surface area contributed by atoms with Crippen molar-refractivity contribution in [3.8, 4) is 5.88 Å². The molecule has 0 bridgehead atoms. The Bertz CT molecular complexity index is 1030. The molecular weight excluding hydrogens is 440 g/mol. The maximum absolute atomic E-state index is 14.0. The van der Waals surface area contributed by atoms with Crippen LogP contribution in [0.4, 0.5) is 17.6 Å². The highest BCUT2D eigenvalue weighted by molar-refractivity contribution is 5.82. The molecule has 0 unspecified atom stereocenters. The van der Waals surface area contributed by atoms with Crippen molar-refractivity contribution >= 4 is 5.91 Å². The van der Waals surface area contributed by atoms with E-state index in [1.165, 1.54) is 6.07 Å². The molecule has 1 saturated carbocycles. The Kier molecular flexibility index (Phi) is 5.72. The van der Waals surface area contributed by atoms with Crippen molar-refractivity contribution < 1.29 is 27.1 Å². The van der Waals surface area contributed by atoms with Crippen LogP contribution >= 0.6 is 0 Å². The monoisotopic (exact) mass is 464 g/mol. The number of ether oxygens (including phenoxy) is 1. The van der Waals surface area contributed by atoms with Gasteiger partial charge in [0.15, 0.2) is 0 Å². The van der Waals surface area contributed by atoms with Crippen LogP contribution in [0.2, 0.25) is 0 Å². The first-order chi connectivity index (χ1) is 15.8. The van der Waals surface area contributed by atoms with E-state index in [4.69, 9.17) is 4.74 Å². The average Bonchev–Trinajstić information content (AvgIpc) is 3.55. The number of rotatable bonds is 5. The number of amides is 1. The molecule has 176 valence electrons. The minimum absolute atomic E-state index is 0.0673. The molecule has 33 heavy (non-hydrogen) atoms. The quantitative estimate of drug-likeness (QED) is 0.631. The Balaban J connectivity index is 1.23. The predicted molar refractivity (Wildman–Crippen MR) is 110 cm³/mol. The van der Waals surface area contributed by atoms with E-state index in [2.05, 4.69) is 14.9 Å². The Morgan fingerprint density at radius 3 is 2.61 bits per heavy atom. The number of alkyl halides is 3. The summed E-state index contributed by atoms with van der Waals surface area (Å²) in [7, 11) is 0. The molecule has 3 heterocycles. The smallest absolute Gasteiger partial charge is 0.419 e. The number of hydrogen-bond donors (Lipinski definition) is 0. The molecule has 3 fully saturated rings. The van der Waals surface area contributed by atoms with Gasteiger partial charge >= 0.3 is 6.18 Å². The molecule has 1 aromatic heterocycles. The lowest BCUT2D eigenvalue weighted by atomic mass is 10.1. The van der Waals surface area contributed by atoms with Crippen molar-refractivity contribution in [2.75, 3.05) is 19.6 Å². The highest BCUT2D eigenvalue weighted by atomic mass is 19.4. The van der Waals surface area contributed by atoms with Gasteiger partial charge in [0.1, 0.15) is 11.9 Å². The SMILES string of the molecule is O=C1[C@H]2C[C@H](Oc3cnc(C4CC4)cn3)CN2CCCN1Cc1ccc(C(F)(F)F)c(F)c1. The fourth-order valence-corrected chi connectivity index (χ4v) is 4.65. The molecule has 3 aliphatic rings. The molecule has 5 rings (SSSR count). The van der Waals surface area contributed by atoms with Crippen molar-refractivity contribution in [2.45, 2.75) is 56.5 Å². The summed E-state index contributed by atoms with van der Waals surface area (Å²) in [6.45, 7) is 1.83. The second-order valence-electron chi connectivity index (χ2n) is 8.97. The highest BCUT2D eigenvalue weighted by Crippen LogP contribution is 2.38. The molecule has 6 nitrogen and oxygen atoms in total. The summed E-state index contributed by atoms with van der Waals surface area (Å²) in [5.74, 6) is -0.495. The third-order valence-electron chi connectivity index (χ3n) is 6.48. The van der Waals surface area contributed by atoms with E-state index in [1.54, 1.807) is 17.3 Å². The van der Waals surface area contributed by atoms with Crippen molar-refractivity contribution in [3.63, 3.8) is 0 Å². The lowest BCUT2D eigenvalue weighted by molar-refractivity contribution is -0.140. The number of carbonyl (C=O) groups excluding carboxylic acids is 1. The molecule has 0 spiro atoms. The molecule has 1 aromatic carbocycles. The Labute approximate surface area is 188 Å². The van der Waals surface area contributed by atoms with Crippen LogP contribution in [0.15, 0.2) is 30.6 Å². The molecule has 1 aliphatic carbocycles. The van der Waals surface area contributed by atoms with Gasteiger partial charge in [-0.05, 0) is 37.0 Å². The summed E-state index contributed by atoms with van der Waals surface area (Å²) in [5, 5.41) is 0. The summed E-state index contributed by atoms with van der Waals surface area (Å²) in [4.78, 5) is 25.6. The first kappa shape index (κ1) is 22.1. The summed E-state index contributed by atoms with van der Waals surface area (Å²) in [5.41, 5.74) is 0.0102. The van der Waals surface area contributed by atoms with Gasteiger partial charge in [-0.1, -0.05) is 6.07 Å². The van der Waals surface area contributed by atoms with Crippen LogP contribution in [0.25, 0.3) is 0 Å². The number of nitrogens with zero attached hydrogens (tertiary/aromatic N) is 4. The minimum Gasteiger partial charge on any atom is -0.472 e. The minimum atomic E-state index is -4.75. The van der Waals surface area contributed by atoms with Gasteiger partial charge in [-0.25, -0.2) is 9.37 Å². The van der Waals surface area contributed by atoms with Gasteiger partial charge in [0.25, 0.3) is 0 Å². The van der Waals surface area contributed by atoms with E-state index in [9.17, 15) is 22.4 Å². The average molecular weight is 464 g/mol. The fourth-order valence-electron chi connectivity index (χ4n) is 4.65. The van der Waals surface area contributed by atoms with E-state index in [0.717, 1.165) is 30.7 Å². The molecule has 2 atom stereocenters. The normalized spacial score (nSPS) is 24.0. The van der Waals surface area contributed by atoms with Crippen LogP contribution in [0.1, 0.15) is 48.4 Å². The van der Waals surface area contributed by atoms with Gasteiger partial charge < -0.3 is 9.64 Å². The highest BCUT2D eigenvalue weighted by Gasteiger charge is 2.41. The molecule has 2 aromatic rings. The van der Waals surface area contributed by atoms with E-state index in [1.807, 2.05) is 0 Å². The number of hydrogen-bond acceptors (Lipinski definition) is 5. The van der Waals surface area contributed by atoms with Crippen LogP contribution in [-0.2, 0) is 17.5 Å². The van der Waals surface area contributed by atoms with Gasteiger partial charge in [-0.2, -0.15) is 13.2 Å². The summed E-state index contributed by atoms with van der Waals surface area (Å²) in [6, 6.07) is 2.44. The second-order valence-corrected chi connectivity index (χ2v) is 8.97. The van der Waals surface area contributed by atoms with Crippen molar-refractivity contribution in [3.05, 3.63) is 53.2 Å². The zero-order valence-corrected chi connectivity index (χ0v) is 17.9. The van der Waals surface area contributed by atoms with Gasteiger partial charge in [0, 0.05) is 38.5 Å². The maximum atomic E-state index is 14.0. The third kappa shape index (κ3) is 4.80. The third-order valence-corrected chi connectivity index (χ3v) is 6.48. The predicted octanol–water partition coefficient (Wildman–Crippen LogP) is 3.77. The maximum Gasteiger partial charge on any atom is 0.419 e. The van der Waals surface area contributed by atoms with Gasteiger partial charge in [0.05, 0.1) is 29.7 Å². The first-order valence-electron chi connectivity index (χ1n) is 11.1. The van der Waals surface area contributed by atoms with Crippen LogP contribution < -0.4 is 4.74 Å². The Morgan fingerprint density at radius 2 is 1.94 bits per heavy atom. The topological polar surface area (TPSA) is 58.6 Å². The van der Waals surface area contributed by atoms with Crippen molar-refractivity contribution in [1.29, 1.82) is 0 Å². The van der Waals surface area contributed by atoms with Gasteiger partial charge in [0.2, 0.25) is 11.8 Å². The lowest BCUT2D eigenvalue weighted by Gasteiger charge is -2.25. The summed E-state index contributed by atoms with van der Waals surface area (Å²) in [6.07, 6.45) is 1.92. The van der Waals surface area contributed by atoms with Crippen molar-refractivity contribution in [2.24, 2.45) is 0 Å². The van der Waals surface area contributed by atoms with Gasteiger partial charge in [-0.3, -0.25) is 14.7 Å². The second kappa shape index (κ2) is 8.55. The molecule has 2 saturated heterocycles. The van der Waals surface area contributed by atoms with E-state index >= 15 is 0 Å². The molecule has 0 radical (unpaired) electrons. The lowest BCUT2D eigenvalue weighted by Crippen LogP contribution is -2.42. The zero-order valence-electron chi connectivity index (χ0n) is 17.9. The molecular formula is C23H24F4N4O2. The molecule has 2 aliphatic heterocycles. The van der Waals surface area contributed by atoms with Crippen LogP contribution in [-0.4, -0.2) is 57.5 Å². The van der Waals surface area contributed by atoms with Crippen LogP contribution in [0.5, 0.6) is 5.88 Å². The largest absolute Gasteiger partial charge is 0.472 e. The van der Waals surface area contributed by atoms with Crippen LogP contribution in [0.3, 0.4) is 0 Å². The molecule has 1 amide bonds. The summed E-state index contributed by atoms with van der Waals surface area (Å²) >= 11 is 0. The Hall–Kier alpha value is -2.75.